The Balaban J connectivity index is 2.73. The van der Waals surface area contributed by atoms with Crippen LogP contribution >= 0.6 is 0 Å². The first-order valence-electron chi connectivity index (χ1n) is 6.99. The van der Waals surface area contributed by atoms with Gasteiger partial charge in [0.2, 0.25) is 0 Å². The third-order valence-corrected chi connectivity index (χ3v) is 3.49. The van der Waals surface area contributed by atoms with E-state index in [-0.39, 0.29) is 6.10 Å². The highest BCUT2D eigenvalue weighted by atomic mass is 16.3. The van der Waals surface area contributed by atoms with Gasteiger partial charge < -0.3 is 5.11 Å². The van der Waals surface area contributed by atoms with Crippen LogP contribution in [0.3, 0.4) is 0 Å². The fourth-order valence-corrected chi connectivity index (χ4v) is 2.42. The molecular formula is C16H26O. The standard InChI is InChI=1S/C16H26O/c1-4-7-14(8-5-2)16(17)15-11-9-13(6-3)10-12-15/h9-12,14,16-17H,4-8H2,1-3H3. The van der Waals surface area contributed by atoms with E-state index in [4.69, 9.17) is 0 Å². The van der Waals surface area contributed by atoms with Crippen molar-refractivity contribution in [2.24, 2.45) is 5.92 Å². The van der Waals surface area contributed by atoms with Crippen molar-refractivity contribution < 1.29 is 5.11 Å². The van der Waals surface area contributed by atoms with Gasteiger partial charge in [0, 0.05) is 0 Å². The van der Waals surface area contributed by atoms with E-state index < -0.39 is 0 Å². The van der Waals surface area contributed by atoms with Gasteiger partial charge in [0.1, 0.15) is 0 Å². The molecule has 1 nitrogen and oxygen atoms in total. The van der Waals surface area contributed by atoms with Crippen LogP contribution < -0.4 is 0 Å². The predicted molar refractivity (Wildman–Crippen MR) is 74.1 cm³/mol. The van der Waals surface area contributed by atoms with Crippen LogP contribution in [-0.4, -0.2) is 5.11 Å². The van der Waals surface area contributed by atoms with Gasteiger partial charge in [-0.1, -0.05) is 57.9 Å². The first kappa shape index (κ1) is 14.2. The van der Waals surface area contributed by atoms with Crippen molar-refractivity contribution in [2.45, 2.75) is 59.0 Å². The molecule has 0 fully saturated rings. The van der Waals surface area contributed by atoms with Gasteiger partial charge in [-0.2, -0.15) is 0 Å². The highest BCUT2D eigenvalue weighted by Crippen LogP contribution is 2.29. The van der Waals surface area contributed by atoms with Crippen molar-refractivity contribution in [1.29, 1.82) is 0 Å². The molecule has 0 spiro atoms. The van der Waals surface area contributed by atoms with Crippen LogP contribution in [0.2, 0.25) is 0 Å². The minimum Gasteiger partial charge on any atom is -0.388 e. The molecule has 1 heteroatoms. The molecule has 0 aliphatic carbocycles. The summed E-state index contributed by atoms with van der Waals surface area (Å²) < 4.78 is 0. The van der Waals surface area contributed by atoms with Gasteiger partial charge in [0.15, 0.2) is 0 Å². The average molecular weight is 234 g/mol. The summed E-state index contributed by atoms with van der Waals surface area (Å²) in [4.78, 5) is 0. The van der Waals surface area contributed by atoms with Crippen LogP contribution in [0.4, 0.5) is 0 Å². The van der Waals surface area contributed by atoms with Crippen LogP contribution in [0.1, 0.15) is 63.7 Å². The van der Waals surface area contributed by atoms with E-state index in [1.165, 1.54) is 5.56 Å². The molecule has 1 N–H and O–H groups in total. The fourth-order valence-electron chi connectivity index (χ4n) is 2.42. The number of hydrogen-bond acceptors (Lipinski definition) is 1. The molecule has 0 heterocycles. The largest absolute Gasteiger partial charge is 0.388 e. The Bertz CT molecular complexity index is 296. The zero-order chi connectivity index (χ0) is 12.7. The lowest BCUT2D eigenvalue weighted by Gasteiger charge is -2.22. The summed E-state index contributed by atoms with van der Waals surface area (Å²) >= 11 is 0. The molecule has 0 aliphatic heterocycles. The molecular weight excluding hydrogens is 208 g/mol. The Hall–Kier alpha value is -0.820. The second-order valence-electron chi connectivity index (χ2n) is 4.88. The van der Waals surface area contributed by atoms with Crippen molar-refractivity contribution >= 4 is 0 Å². The van der Waals surface area contributed by atoms with Crippen LogP contribution in [-0.2, 0) is 6.42 Å². The summed E-state index contributed by atoms with van der Waals surface area (Å²) in [7, 11) is 0. The first-order chi connectivity index (χ1) is 8.22. The van der Waals surface area contributed by atoms with E-state index in [0.717, 1.165) is 37.7 Å². The summed E-state index contributed by atoms with van der Waals surface area (Å²) in [5.41, 5.74) is 2.41. The molecule has 0 aromatic heterocycles. The lowest BCUT2D eigenvalue weighted by Crippen LogP contribution is -2.12. The summed E-state index contributed by atoms with van der Waals surface area (Å²) in [6.45, 7) is 6.54. The van der Waals surface area contributed by atoms with E-state index in [1.54, 1.807) is 0 Å². The number of rotatable bonds is 7. The lowest BCUT2D eigenvalue weighted by atomic mass is 9.88. The number of aryl methyl sites for hydroxylation is 1. The van der Waals surface area contributed by atoms with Crippen molar-refractivity contribution in [2.75, 3.05) is 0 Å². The van der Waals surface area contributed by atoms with Crippen LogP contribution in [0, 0.1) is 5.92 Å². The van der Waals surface area contributed by atoms with Crippen LogP contribution in [0.15, 0.2) is 24.3 Å². The van der Waals surface area contributed by atoms with Gasteiger partial charge in [-0.25, -0.2) is 0 Å². The molecule has 0 saturated carbocycles. The number of aliphatic hydroxyl groups excluding tert-OH is 1. The molecule has 0 amide bonds. The molecule has 17 heavy (non-hydrogen) atoms. The van der Waals surface area contributed by atoms with Gasteiger partial charge in [-0.15, -0.1) is 0 Å². The van der Waals surface area contributed by atoms with Gasteiger partial charge in [-0.05, 0) is 36.3 Å². The molecule has 1 aromatic carbocycles. The lowest BCUT2D eigenvalue weighted by molar-refractivity contribution is 0.0964. The second kappa shape index (κ2) is 7.50. The molecule has 1 rings (SSSR count). The SMILES string of the molecule is CCCC(CCC)C(O)c1ccc(CC)cc1. The quantitative estimate of drug-likeness (QED) is 0.736. The molecule has 0 bridgehead atoms. The summed E-state index contributed by atoms with van der Waals surface area (Å²) in [5, 5.41) is 10.4. The predicted octanol–water partition coefficient (Wildman–Crippen LogP) is 4.50. The molecule has 96 valence electrons. The second-order valence-corrected chi connectivity index (χ2v) is 4.88. The minimum absolute atomic E-state index is 0.291. The third kappa shape index (κ3) is 4.16. The zero-order valence-electron chi connectivity index (χ0n) is 11.4. The molecule has 1 aromatic rings. The fraction of sp³-hybridized carbons (Fsp3) is 0.625. The van der Waals surface area contributed by atoms with Crippen molar-refractivity contribution in [3.63, 3.8) is 0 Å². The number of aliphatic hydroxyl groups is 1. The Morgan fingerprint density at radius 3 is 1.88 bits per heavy atom. The maximum Gasteiger partial charge on any atom is 0.0818 e. The minimum atomic E-state index is -0.291. The molecule has 0 saturated heterocycles. The van der Waals surface area contributed by atoms with E-state index in [9.17, 15) is 5.11 Å². The molecule has 0 aliphatic rings. The summed E-state index contributed by atoms with van der Waals surface area (Å²) in [6, 6.07) is 8.44. The van der Waals surface area contributed by atoms with E-state index >= 15 is 0 Å². The van der Waals surface area contributed by atoms with Crippen LogP contribution in [0.25, 0.3) is 0 Å². The van der Waals surface area contributed by atoms with E-state index in [1.807, 2.05) is 0 Å². The van der Waals surface area contributed by atoms with Crippen molar-refractivity contribution in [1.82, 2.24) is 0 Å². The first-order valence-corrected chi connectivity index (χ1v) is 6.99. The maximum atomic E-state index is 10.4. The Morgan fingerprint density at radius 2 is 1.47 bits per heavy atom. The zero-order valence-corrected chi connectivity index (χ0v) is 11.4. The van der Waals surface area contributed by atoms with E-state index in [0.29, 0.717) is 5.92 Å². The van der Waals surface area contributed by atoms with Gasteiger partial charge in [-0.3, -0.25) is 0 Å². The summed E-state index contributed by atoms with van der Waals surface area (Å²) in [5.74, 6) is 0.414. The third-order valence-electron chi connectivity index (χ3n) is 3.49. The highest BCUT2D eigenvalue weighted by molar-refractivity contribution is 5.24. The normalized spacial score (nSPS) is 13.0. The topological polar surface area (TPSA) is 20.2 Å². The number of benzene rings is 1. The van der Waals surface area contributed by atoms with Crippen molar-refractivity contribution in [3.05, 3.63) is 35.4 Å². The average Bonchev–Trinajstić information content (AvgIpc) is 2.38. The van der Waals surface area contributed by atoms with E-state index in [2.05, 4.69) is 45.0 Å². The molecule has 1 unspecified atom stereocenters. The highest BCUT2D eigenvalue weighted by Gasteiger charge is 2.19. The molecule has 0 radical (unpaired) electrons. The van der Waals surface area contributed by atoms with Crippen LogP contribution in [0.5, 0.6) is 0 Å². The maximum absolute atomic E-state index is 10.4. The van der Waals surface area contributed by atoms with Gasteiger partial charge in [0.05, 0.1) is 6.10 Å². The monoisotopic (exact) mass is 234 g/mol. The smallest absolute Gasteiger partial charge is 0.0818 e. The Labute approximate surface area is 106 Å². The Kier molecular flexibility index (Phi) is 6.28. The number of hydrogen-bond donors (Lipinski definition) is 1. The molecule has 1 atom stereocenters. The summed E-state index contributed by atoms with van der Waals surface area (Å²) in [6.07, 6.45) is 5.29. The Morgan fingerprint density at radius 1 is 0.941 bits per heavy atom. The van der Waals surface area contributed by atoms with Gasteiger partial charge in [0.25, 0.3) is 0 Å². The van der Waals surface area contributed by atoms with Gasteiger partial charge >= 0.3 is 0 Å². The van der Waals surface area contributed by atoms with Crippen molar-refractivity contribution in [3.8, 4) is 0 Å².